The lowest BCUT2D eigenvalue weighted by Gasteiger charge is -2.36. The van der Waals surface area contributed by atoms with Gasteiger partial charge in [-0.25, -0.2) is 4.79 Å². The van der Waals surface area contributed by atoms with Crippen molar-refractivity contribution in [1.82, 2.24) is 10.2 Å². The Kier molecular flexibility index (Phi) is 4.53. The quantitative estimate of drug-likeness (QED) is 0.900. The van der Waals surface area contributed by atoms with Crippen LogP contribution in [0.2, 0.25) is 0 Å². The van der Waals surface area contributed by atoms with Gasteiger partial charge in [-0.15, -0.1) is 0 Å². The minimum atomic E-state index is 0.0626. The molecule has 0 unspecified atom stereocenters. The van der Waals surface area contributed by atoms with Crippen LogP contribution < -0.4 is 10.2 Å². The van der Waals surface area contributed by atoms with E-state index in [2.05, 4.69) is 55.3 Å². The molecule has 0 bridgehead atoms. The molecule has 2 amide bonds. The smallest absolute Gasteiger partial charge is 0.317 e. The zero-order valence-electron chi connectivity index (χ0n) is 12.7. The van der Waals surface area contributed by atoms with E-state index in [4.69, 9.17) is 0 Å². The van der Waals surface area contributed by atoms with E-state index in [0.29, 0.717) is 6.54 Å². The number of anilines is 1. The summed E-state index contributed by atoms with van der Waals surface area (Å²) in [6.45, 7) is 10.4. The Morgan fingerprint density at radius 2 is 1.70 bits per heavy atom. The van der Waals surface area contributed by atoms with Crippen molar-refractivity contribution in [3.8, 4) is 0 Å². The number of hydrogen-bond donors (Lipinski definition) is 1. The Bertz CT molecular complexity index is 431. The molecule has 1 aromatic rings. The molecule has 0 radical (unpaired) electrons. The zero-order chi connectivity index (χ0) is 14.6. The van der Waals surface area contributed by atoms with Crippen molar-refractivity contribution < 1.29 is 4.79 Å². The third-order valence-corrected chi connectivity index (χ3v) is 3.46. The summed E-state index contributed by atoms with van der Waals surface area (Å²) in [6.07, 6.45) is 0. The van der Waals surface area contributed by atoms with E-state index in [9.17, 15) is 4.79 Å². The van der Waals surface area contributed by atoms with Crippen molar-refractivity contribution in [1.29, 1.82) is 0 Å². The number of hydrogen-bond acceptors (Lipinski definition) is 2. The van der Waals surface area contributed by atoms with Crippen LogP contribution >= 0.6 is 0 Å². The summed E-state index contributed by atoms with van der Waals surface area (Å²) in [5.74, 6) is 0. The monoisotopic (exact) mass is 275 g/mol. The number of nitrogens with zero attached hydrogens (tertiary/aromatic N) is 2. The molecule has 0 aromatic heterocycles. The van der Waals surface area contributed by atoms with Gasteiger partial charge >= 0.3 is 6.03 Å². The fraction of sp³-hybridized carbons (Fsp3) is 0.562. The number of piperazine rings is 1. The summed E-state index contributed by atoms with van der Waals surface area (Å²) in [7, 11) is 0. The highest BCUT2D eigenvalue weighted by molar-refractivity contribution is 5.74. The molecule has 0 saturated carbocycles. The van der Waals surface area contributed by atoms with Crippen LogP contribution in [0.15, 0.2) is 30.3 Å². The predicted octanol–water partition coefficient (Wildman–Crippen LogP) is 2.56. The topological polar surface area (TPSA) is 35.6 Å². The van der Waals surface area contributed by atoms with Gasteiger partial charge in [-0.2, -0.15) is 0 Å². The van der Waals surface area contributed by atoms with Gasteiger partial charge < -0.3 is 15.1 Å². The van der Waals surface area contributed by atoms with E-state index in [0.717, 1.165) is 26.2 Å². The second-order valence-corrected chi connectivity index (χ2v) is 6.53. The molecule has 1 N–H and O–H groups in total. The number of amides is 2. The highest BCUT2D eigenvalue weighted by Gasteiger charge is 2.22. The van der Waals surface area contributed by atoms with Gasteiger partial charge in [0.25, 0.3) is 0 Å². The molecule has 0 atom stereocenters. The summed E-state index contributed by atoms with van der Waals surface area (Å²) in [5.41, 5.74) is 1.36. The average Bonchev–Trinajstić information content (AvgIpc) is 2.45. The van der Waals surface area contributed by atoms with Gasteiger partial charge in [0.1, 0.15) is 0 Å². The third kappa shape index (κ3) is 4.15. The van der Waals surface area contributed by atoms with E-state index in [1.807, 2.05) is 11.0 Å². The summed E-state index contributed by atoms with van der Waals surface area (Å²) in [6, 6.07) is 10.4. The van der Waals surface area contributed by atoms with Gasteiger partial charge in [0, 0.05) is 38.4 Å². The summed E-state index contributed by atoms with van der Waals surface area (Å²) in [4.78, 5) is 16.3. The minimum Gasteiger partial charge on any atom is -0.368 e. The summed E-state index contributed by atoms with van der Waals surface area (Å²) in [5, 5.41) is 3.02. The first-order valence-electron chi connectivity index (χ1n) is 7.28. The average molecular weight is 275 g/mol. The van der Waals surface area contributed by atoms with Crippen LogP contribution in [0.3, 0.4) is 0 Å². The lowest BCUT2D eigenvalue weighted by molar-refractivity contribution is 0.189. The van der Waals surface area contributed by atoms with Gasteiger partial charge in [-0.3, -0.25) is 0 Å². The van der Waals surface area contributed by atoms with Crippen LogP contribution in [-0.2, 0) is 0 Å². The maximum absolute atomic E-state index is 12.1. The molecule has 0 spiro atoms. The first-order chi connectivity index (χ1) is 9.46. The van der Waals surface area contributed by atoms with Crippen molar-refractivity contribution in [2.45, 2.75) is 20.8 Å². The second kappa shape index (κ2) is 6.16. The molecule has 1 aromatic carbocycles. The van der Waals surface area contributed by atoms with E-state index in [1.165, 1.54) is 5.69 Å². The number of carbonyl (C=O) groups excluding carboxylic acids is 1. The maximum atomic E-state index is 12.1. The molecule has 1 aliphatic rings. The molecule has 1 aliphatic heterocycles. The van der Waals surface area contributed by atoms with E-state index < -0.39 is 0 Å². The van der Waals surface area contributed by atoms with Gasteiger partial charge in [0.15, 0.2) is 0 Å². The largest absolute Gasteiger partial charge is 0.368 e. The minimum absolute atomic E-state index is 0.0626. The van der Waals surface area contributed by atoms with E-state index >= 15 is 0 Å². The van der Waals surface area contributed by atoms with Crippen molar-refractivity contribution in [3.05, 3.63) is 30.3 Å². The van der Waals surface area contributed by atoms with Crippen LogP contribution in [0.25, 0.3) is 0 Å². The Morgan fingerprint density at radius 3 is 2.25 bits per heavy atom. The molecule has 4 nitrogen and oxygen atoms in total. The zero-order valence-corrected chi connectivity index (χ0v) is 12.7. The molecule has 2 rings (SSSR count). The molecule has 0 aliphatic carbocycles. The molecular formula is C16H25N3O. The first-order valence-corrected chi connectivity index (χ1v) is 7.28. The van der Waals surface area contributed by atoms with Crippen molar-refractivity contribution in [3.63, 3.8) is 0 Å². The molecule has 1 heterocycles. The number of rotatable bonds is 2. The van der Waals surface area contributed by atoms with Crippen LogP contribution in [-0.4, -0.2) is 43.7 Å². The van der Waals surface area contributed by atoms with Crippen molar-refractivity contribution >= 4 is 11.7 Å². The highest BCUT2D eigenvalue weighted by Crippen LogP contribution is 2.16. The molecule has 110 valence electrons. The van der Waals surface area contributed by atoms with Crippen molar-refractivity contribution in [2.24, 2.45) is 5.41 Å². The van der Waals surface area contributed by atoms with Crippen LogP contribution in [0, 0.1) is 5.41 Å². The van der Waals surface area contributed by atoms with Gasteiger partial charge in [-0.05, 0) is 17.5 Å². The molecule has 1 saturated heterocycles. The number of para-hydroxylation sites is 1. The highest BCUT2D eigenvalue weighted by atomic mass is 16.2. The number of nitrogens with one attached hydrogen (secondary N) is 1. The van der Waals surface area contributed by atoms with Crippen LogP contribution in [0.4, 0.5) is 10.5 Å². The Hall–Kier alpha value is -1.71. The third-order valence-electron chi connectivity index (χ3n) is 3.46. The lowest BCUT2D eigenvalue weighted by atomic mass is 9.97. The number of carbonyl (C=O) groups is 1. The van der Waals surface area contributed by atoms with Gasteiger partial charge in [0.2, 0.25) is 0 Å². The molecule has 20 heavy (non-hydrogen) atoms. The predicted molar refractivity (Wildman–Crippen MR) is 83.1 cm³/mol. The normalized spacial score (nSPS) is 16.1. The molecule has 4 heteroatoms. The van der Waals surface area contributed by atoms with Crippen molar-refractivity contribution in [2.75, 3.05) is 37.6 Å². The van der Waals surface area contributed by atoms with E-state index in [-0.39, 0.29) is 11.4 Å². The Morgan fingerprint density at radius 1 is 1.10 bits per heavy atom. The van der Waals surface area contributed by atoms with Gasteiger partial charge in [-0.1, -0.05) is 39.0 Å². The standard InChI is InChI=1S/C16H25N3O/c1-16(2,3)13-17-15(20)19-11-9-18(10-12-19)14-7-5-4-6-8-14/h4-8H,9-13H2,1-3H3,(H,17,20). The Balaban J connectivity index is 1.81. The van der Waals surface area contributed by atoms with E-state index in [1.54, 1.807) is 0 Å². The lowest BCUT2D eigenvalue weighted by Crippen LogP contribution is -2.52. The van der Waals surface area contributed by atoms with Crippen LogP contribution in [0.1, 0.15) is 20.8 Å². The number of benzene rings is 1. The second-order valence-electron chi connectivity index (χ2n) is 6.53. The van der Waals surface area contributed by atoms with Gasteiger partial charge in [0.05, 0.1) is 0 Å². The fourth-order valence-electron chi connectivity index (χ4n) is 2.26. The number of urea groups is 1. The molecule has 1 fully saturated rings. The maximum Gasteiger partial charge on any atom is 0.317 e. The SMILES string of the molecule is CC(C)(C)CNC(=O)N1CCN(c2ccccc2)CC1. The van der Waals surface area contributed by atoms with Crippen LogP contribution in [0.5, 0.6) is 0 Å². The summed E-state index contributed by atoms with van der Waals surface area (Å²) < 4.78 is 0. The Labute approximate surface area is 121 Å². The molecular weight excluding hydrogens is 250 g/mol. The first kappa shape index (κ1) is 14.7. The fourth-order valence-corrected chi connectivity index (χ4v) is 2.26. The summed E-state index contributed by atoms with van der Waals surface area (Å²) >= 11 is 0.